The number of hydrogen-bond acceptors (Lipinski definition) is 4. The summed E-state index contributed by atoms with van der Waals surface area (Å²) in [6.45, 7) is 2.99. The van der Waals surface area contributed by atoms with E-state index >= 15 is 0 Å². The van der Waals surface area contributed by atoms with Gasteiger partial charge in [-0.1, -0.05) is 6.07 Å². The monoisotopic (exact) mass is 235 g/mol. The van der Waals surface area contributed by atoms with Crippen LogP contribution < -0.4 is 5.32 Å². The van der Waals surface area contributed by atoms with Gasteiger partial charge < -0.3 is 15.2 Å². The fourth-order valence-corrected chi connectivity index (χ4v) is 2.24. The lowest BCUT2D eigenvalue weighted by molar-refractivity contribution is -0.143. The molecule has 1 aliphatic heterocycles. The van der Waals surface area contributed by atoms with Gasteiger partial charge in [0.15, 0.2) is 0 Å². The topological polar surface area (TPSA) is 58.6 Å². The highest BCUT2D eigenvalue weighted by Gasteiger charge is 2.25. The summed E-state index contributed by atoms with van der Waals surface area (Å²) in [7, 11) is 0. The van der Waals surface area contributed by atoms with Crippen LogP contribution in [-0.4, -0.2) is 24.2 Å². The maximum atomic E-state index is 11.3. The van der Waals surface area contributed by atoms with Crippen molar-refractivity contribution in [3.05, 3.63) is 23.8 Å². The average molecular weight is 235 g/mol. The molecule has 4 heteroatoms. The summed E-state index contributed by atoms with van der Waals surface area (Å²) < 4.78 is 4.90. The SMILES string of the molecule is CCOC(=O)CCC1CNc2cccc(O)c21. The number of phenolic OH excluding ortho intramolecular Hbond substituents is 1. The van der Waals surface area contributed by atoms with Gasteiger partial charge in [-0.3, -0.25) is 4.79 Å². The number of carbonyl (C=O) groups is 1. The Hall–Kier alpha value is -1.71. The van der Waals surface area contributed by atoms with E-state index in [2.05, 4.69) is 5.32 Å². The van der Waals surface area contributed by atoms with Crippen LogP contribution in [0.3, 0.4) is 0 Å². The number of rotatable bonds is 4. The molecule has 1 heterocycles. The van der Waals surface area contributed by atoms with Crippen LogP contribution in [-0.2, 0) is 9.53 Å². The second-order valence-electron chi connectivity index (χ2n) is 4.16. The Morgan fingerprint density at radius 3 is 3.18 bits per heavy atom. The van der Waals surface area contributed by atoms with E-state index in [-0.39, 0.29) is 11.9 Å². The van der Waals surface area contributed by atoms with Gasteiger partial charge in [0.2, 0.25) is 0 Å². The smallest absolute Gasteiger partial charge is 0.305 e. The summed E-state index contributed by atoms with van der Waals surface area (Å²) in [5, 5.41) is 13.0. The molecule has 0 radical (unpaired) electrons. The van der Waals surface area contributed by atoms with E-state index in [1.54, 1.807) is 13.0 Å². The van der Waals surface area contributed by atoms with Gasteiger partial charge in [-0.15, -0.1) is 0 Å². The first-order chi connectivity index (χ1) is 8.22. The van der Waals surface area contributed by atoms with Crippen molar-refractivity contribution in [1.82, 2.24) is 0 Å². The summed E-state index contributed by atoms with van der Waals surface area (Å²) >= 11 is 0. The van der Waals surface area contributed by atoms with Gasteiger partial charge >= 0.3 is 5.97 Å². The Balaban J connectivity index is 2.00. The molecule has 2 rings (SSSR count). The van der Waals surface area contributed by atoms with E-state index in [0.717, 1.165) is 17.8 Å². The molecule has 1 atom stereocenters. The first-order valence-corrected chi connectivity index (χ1v) is 5.93. The van der Waals surface area contributed by atoms with E-state index in [1.165, 1.54) is 0 Å². The summed E-state index contributed by atoms with van der Waals surface area (Å²) in [6, 6.07) is 5.44. The molecule has 92 valence electrons. The zero-order valence-corrected chi connectivity index (χ0v) is 9.90. The van der Waals surface area contributed by atoms with Gasteiger partial charge in [0.1, 0.15) is 5.75 Å². The lowest BCUT2D eigenvalue weighted by Crippen LogP contribution is -2.08. The molecule has 0 amide bonds. The molecule has 0 bridgehead atoms. The van der Waals surface area contributed by atoms with Crippen molar-refractivity contribution < 1.29 is 14.6 Å². The molecule has 17 heavy (non-hydrogen) atoms. The Morgan fingerprint density at radius 1 is 1.59 bits per heavy atom. The van der Waals surface area contributed by atoms with Gasteiger partial charge in [-0.25, -0.2) is 0 Å². The van der Waals surface area contributed by atoms with Crippen molar-refractivity contribution in [3.63, 3.8) is 0 Å². The predicted octanol–water partition coefficient (Wildman–Crippen LogP) is 2.24. The van der Waals surface area contributed by atoms with Crippen molar-refractivity contribution in [2.45, 2.75) is 25.7 Å². The largest absolute Gasteiger partial charge is 0.508 e. The van der Waals surface area contributed by atoms with E-state index in [9.17, 15) is 9.90 Å². The van der Waals surface area contributed by atoms with Crippen LogP contribution in [0.5, 0.6) is 5.75 Å². The lowest BCUT2D eigenvalue weighted by Gasteiger charge is -2.10. The Morgan fingerprint density at radius 2 is 2.41 bits per heavy atom. The first kappa shape index (κ1) is 11.8. The van der Waals surface area contributed by atoms with E-state index < -0.39 is 0 Å². The van der Waals surface area contributed by atoms with Gasteiger partial charge in [0.05, 0.1) is 6.61 Å². The Bertz CT molecular complexity index is 417. The number of benzene rings is 1. The van der Waals surface area contributed by atoms with Gasteiger partial charge in [-0.2, -0.15) is 0 Å². The number of nitrogens with one attached hydrogen (secondary N) is 1. The molecule has 4 nitrogen and oxygen atoms in total. The van der Waals surface area contributed by atoms with Gasteiger partial charge in [-0.05, 0) is 25.5 Å². The maximum Gasteiger partial charge on any atom is 0.305 e. The molecule has 1 aromatic rings. The number of aromatic hydroxyl groups is 1. The second-order valence-corrected chi connectivity index (χ2v) is 4.16. The molecular weight excluding hydrogens is 218 g/mol. The van der Waals surface area contributed by atoms with Crippen LogP contribution in [0.2, 0.25) is 0 Å². The third kappa shape index (κ3) is 2.52. The summed E-state index contributed by atoms with van der Waals surface area (Å²) in [5.74, 6) is 0.327. The lowest BCUT2D eigenvalue weighted by atomic mass is 9.95. The quantitative estimate of drug-likeness (QED) is 0.786. The number of esters is 1. The zero-order chi connectivity index (χ0) is 12.3. The number of ether oxygens (including phenoxy) is 1. The molecule has 0 fully saturated rings. The summed E-state index contributed by atoms with van der Waals surface area (Å²) in [4.78, 5) is 11.3. The molecule has 0 spiro atoms. The van der Waals surface area contributed by atoms with Crippen molar-refractivity contribution in [1.29, 1.82) is 0 Å². The van der Waals surface area contributed by atoms with Crippen molar-refractivity contribution in [2.24, 2.45) is 0 Å². The molecule has 0 saturated heterocycles. The number of hydrogen-bond donors (Lipinski definition) is 2. The van der Waals surface area contributed by atoms with Crippen molar-refractivity contribution >= 4 is 11.7 Å². The Kier molecular flexibility index (Phi) is 3.52. The van der Waals surface area contributed by atoms with E-state index in [4.69, 9.17) is 4.74 Å². The third-order valence-corrected chi connectivity index (χ3v) is 3.03. The molecule has 0 aliphatic carbocycles. The van der Waals surface area contributed by atoms with E-state index in [0.29, 0.717) is 25.2 Å². The number of carbonyl (C=O) groups excluding carboxylic acids is 1. The van der Waals surface area contributed by atoms with Gasteiger partial charge in [0, 0.05) is 30.1 Å². The Labute approximate surface area is 101 Å². The van der Waals surface area contributed by atoms with Crippen molar-refractivity contribution in [3.8, 4) is 5.75 Å². The minimum Gasteiger partial charge on any atom is -0.508 e. The fourth-order valence-electron chi connectivity index (χ4n) is 2.24. The van der Waals surface area contributed by atoms with Crippen LogP contribution in [0.25, 0.3) is 0 Å². The average Bonchev–Trinajstić information content (AvgIpc) is 2.71. The van der Waals surface area contributed by atoms with Crippen molar-refractivity contribution in [2.75, 3.05) is 18.5 Å². The molecule has 0 saturated carbocycles. The first-order valence-electron chi connectivity index (χ1n) is 5.93. The standard InChI is InChI=1S/C13H17NO3/c1-2-17-12(16)7-6-9-8-14-10-4-3-5-11(15)13(9)10/h3-5,9,14-15H,2,6-8H2,1H3. The highest BCUT2D eigenvalue weighted by molar-refractivity contribution is 5.70. The zero-order valence-electron chi connectivity index (χ0n) is 9.90. The van der Waals surface area contributed by atoms with Crippen LogP contribution in [0.1, 0.15) is 31.2 Å². The van der Waals surface area contributed by atoms with Crippen LogP contribution in [0, 0.1) is 0 Å². The molecule has 2 N–H and O–H groups in total. The van der Waals surface area contributed by atoms with Gasteiger partial charge in [0.25, 0.3) is 0 Å². The molecular formula is C13H17NO3. The molecule has 1 unspecified atom stereocenters. The number of phenols is 1. The molecule has 1 aromatic carbocycles. The number of fused-ring (bicyclic) bond motifs is 1. The fraction of sp³-hybridized carbons (Fsp3) is 0.462. The molecule has 0 aromatic heterocycles. The maximum absolute atomic E-state index is 11.3. The molecule has 1 aliphatic rings. The minimum atomic E-state index is -0.170. The minimum absolute atomic E-state index is 0.170. The predicted molar refractivity (Wildman–Crippen MR) is 65.2 cm³/mol. The van der Waals surface area contributed by atoms with Crippen LogP contribution in [0.4, 0.5) is 5.69 Å². The van der Waals surface area contributed by atoms with Crippen LogP contribution >= 0.6 is 0 Å². The highest BCUT2D eigenvalue weighted by Crippen LogP contribution is 2.40. The normalized spacial score (nSPS) is 17.4. The number of anilines is 1. The highest BCUT2D eigenvalue weighted by atomic mass is 16.5. The van der Waals surface area contributed by atoms with Crippen LogP contribution in [0.15, 0.2) is 18.2 Å². The second kappa shape index (κ2) is 5.08. The summed E-state index contributed by atoms with van der Waals surface area (Å²) in [6.07, 6.45) is 1.10. The van der Waals surface area contributed by atoms with E-state index in [1.807, 2.05) is 12.1 Å². The third-order valence-electron chi connectivity index (χ3n) is 3.03. The summed E-state index contributed by atoms with van der Waals surface area (Å²) in [5.41, 5.74) is 1.90.